The third kappa shape index (κ3) is 3.02. The zero-order chi connectivity index (χ0) is 16.6. The molecule has 0 unspecified atom stereocenters. The van der Waals surface area contributed by atoms with Crippen molar-refractivity contribution in [2.24, 2.45) is 0 Å². The van der Waals surface area contributed by atoms with Gasteiger partial charge in [0, 0.05) is 19.0 Å². The largest absolute Gasteiger partial charge is 0.418 e. The topological polar surface area (TPSA) is 34.9 Å². The number of hydrogen-bond donors (Lipinski definition) is 0. The van der Waals surface area contributed by atoms with Crippen molar-refractivity contribution in [3.63, 3.8) is 0 Å². The highest BCUT2D eigenvalue weighted by Gasteiger charge is 2.35. The quantitative estimate of drug-likeness (QED) is 0.764. The molecule has 0 amide bonds. The summed E-state index contributed by atoms with van der Waals surface area (Å²) in [5.41, 5.74) is -0.475. The number of imidazole rings is 1. The molecule has 3 nitrogen and oxygen atoms in total. The van der Waals surface area contributed by atoms with Gasteiger partial charge in [-0.15, -0.1) is 0 Å². The third-order valence-electron chi connectivity index (χ3n) is 4.28. The molecule has 3 rings (SSSR count). The molecule has 122 valence electrons. The summed E-state index contributed by atoms with van der Waals surface area (Å²) in [4.78, 5) is 16.0. The zero-order valence-corrected chi connectivity index (χ0v) is 12.7. The lowest BCUT2D eigenvalue weighted by atomic mass is 10.1. The molecule has 23 heavy (non-hydrogen) atoms. The first-order valence-corrected chi connectivity index (χ1v) is 7.64. The number of Topliss-reactive ketones (excluding diaryl/α,β-unsaturated/α-hetero) is 1. The number of para-hydroxylation sites is 1. The smallest absolute Gasteiger partial charge is 0.302 e. The first kappa shape index (κ1) is 15.8. The van der Waals surface area contributed by atoms with Crippen LogP contribution in [-0.2, 0) is 6.18 Å². The van der Waals surface area contributed by atoms with Crippen molar-refractivity contribution >= 4 is 5.78 Å². The van der Waals surface area contributed by atoms with Gasteiger partial charge >= 0.3 is 6.18 Å². The second-order valence-electron chi connectivity index (χ2n) is 5.91. The van der Waals surface area contributed by atoms with Gasteiger partial charge in [-0.2, -0.15) is 13.2 Å². The van der Waals surface area contributed by atoms with Crippen molar-refractivity contribution in [1.82, 2.24) is 9.55 Å². The van der Waals surface area contributed by atoms with E-state index in [4.69, 9.17) is 0 Å². The van der Waals surface area contributed by atoms with Crippen LogP contribution in [0.5, 0.6) is 0 Å². The van der Waals surface area contributed by atoms with E-state index < -0.39 is 11.7 Å². The monoisotopic (exact) mass is 322 g/mol. The average Bonchev–Trinajstić information content (AvgIpc) is 3.15. The molecule has 0 bridgehead atoms. The van der Waals surface area contributed by atoms with Crippen LogP contribution >= 0.6 is 0 Å². The van der Waals surface area contributed by atoms with E-state index in [1.54, 1.807) is 6.07 Å². The minimum Gasteiger partial charge on any atom is -0.302 e. The molecular weight excluding hydrogens is 305 g/mol. The zero-order valence-electron chi connectivity index (χ0n) is 12.7. The molecule has 2 aromatic rings. The molecule has 1 fully saturated rings. The van der Waals surface area contributed by atoms with Crippen LogP contribution in [-0.4, -0.2) is 15.3 Å². The molecule has 0 aliphatic heterocycles. The summed E-state index contributed by atoms with van der Waals surface area (Å²) in [6.07, 6.45) is 0.831. The summed E-state index contributed by atoms with van der Waals surface area (Å²) in [6, 6.07) is 5.41. The highest BCUT2D eigenvalue weighted by atomic mass is 19.4. The summed E-state index contributed by atoms with van der Waals surface area (Å²) in [6.45, 7) is 1.38. The maximum absolute atomic E-state index is 13.3. The van der Waals surface area contributed by atoms with Gasteiger partial charge in [-0.25, -0.2) is 4.98 Å². The fourth-order valence-electron chi connectivity index (χ4n) is 3.15. The van der Waals surface area contributed by atoms with E-state index in [1.165, 1.54) is 29.8 Å². The lowest BCUT2D eigenvalue weighted by Crippen LogP contribution is -2.13. The fraction of sp³-hybridized carbons (Fsp3) is 0.412. The van der Waals surface area contributed by atoms with E-state index >= 15 is 0 Å². The molecule has 0 saturated heterocycles. The van der Waals surface area contributed by atoms with E-state index in [9.17, 15) is 18.0 Å². The number of carbonyl (C=O) groups is 1. The molecule has 6 heteroatoms. The first-order valence-electron chi connectivity index (χ1n) is 7.64. The summed E-state index contributed by atoms with van der Waals surface area (Å²) < 4.78 is 41.4. The van der Waals surface area contributed by atoms with Crippen LogP contribution in [0.2, 0.25) is 0 Å². The second kappa shape index (κ2) is 5.83. The molecule has 1 heterocycles. The van der Waals surface area contributed by atoms with E-state index in [0.29, 0.717) is 5.82 Å². The Morgan fingerprint density at radius 3 is 2.48 bits per heavy atom. The Hall–Kier alpha value is -2.11. The molecule has 0 N–H and O–H groups in total. The highest BCUT2D eigenvalue weighted by molar-refractivity contribution is 5.92. The molecular formula is C17H17F3N2O. The van der Waals surface area contributed by atoms with Crippen molar-refractivity contribution in [2.45, 2.75) is 44.7 Å². The van der Waals surface area contributed by atoms with E-state index in [2.05, 4.69) is 4.98 Å². The number of alkyl halides is 3. The summed E-state index contributed by atoms with van der Waals surface area (Å²) in [5.74, 6) is 0.418. The Bertz CT molecular complexity index is 728. The lowest BCUT2D eigenvalue weighted by molar-refractivity contribution is -0.137. The molecule has 1 aliphatic rings. The Kier molecular flexibility index (Phi) is 4.00. The highest BCUT2D eigenvalue weighted by Crippen LogP contribution is 2.38. The molecule has 0 spiro atoms. The van der Waals surface area contributed by atoms with Gasteiger partial charge in [0.25, 0.3) is 0 Å². The Balaban J connectivity index is 2.18. The van der Waals surface area contributed by atoms with Crippen LogP contribution in [0, 0.1) is 0 Å². The van der Waals surface area contributed by atoms with Gasteiger partial charge in [0.1, 0.15) is 11.5 Å². The van der Waals surface area contributed by atoms with Crippen LogP contribution in [0.3, 0.4) is 0 Å². The number of ketones is 1. The molecule has 1 aromatic heterocycles. The minimum absolute atomic E-state index is 0.0295. The van der Waals surface area contributed by atoms with Gasteiger partial charge in [0.05, 0.1) is 11.3 Å². The Labute approximate surface area is 132 Å². The molecule has 1 aliphatic carbocycles. The normalized spacial score (nSPS) is 16.0. The Morgan fingerprint density at radius 2 is 1.87 bits per heavy atom. The molecule has 0 atom stereocenters. The summed E-state index contributed by atoms with van der Waals surface area (Å²) in [7, 11) is 0. The van der Waals surface area contributed by atoms with Gasteiger partial charge in [-0.1, -0.05) is 25.0 Å². The molecule has 1 saturated carbocycles. The number of hydrogen-bond acceptors (Lipinski definition) is 2. The van der Waals surface area contributed by atoms with Crippen LogP contribution < -0.4 is 0 Å². The van der Waals surface area contributed by atoms with Crippen LogP contribution in [0.1, 0.15) is 60.4 Å². The van der Waals surface area contributed by atoms with E-state index in [-0.39, 0.29) is 23.1 Å². The first-order chi connectivity index (χ1) is 10.9. The van der Waals surface area contributed by atoms with Crippen molar-refractivity contribution in [3.8, 4) is 5.69 Å². The minimum atomic E-state index is -4.45. The van der Waals surface area contributed by atoms with E-state index in [1.807, 2.05) is 0 Å². The second-order valence-corrected chi connectivity index (χ2v) is 5.91. The number of rotatable bonds is 3. The molecule has 1 aromatic carbocycles. The maximum Gasteiger partial charge on any atom is 0.418 e. The van der Waals surface area contributed by atoms with E-state index in [0.717, 1.165) is 31.7 Å². The lowest BCUT2D eigenvalue weighted by Gasteiger charge is -2.17. The van der Waals surface area contributed by atoms with Crippen molar-refractivity contribution in [1.29, 1.82) is 0 Å². The van der Waals surface area contributed by atoms with Crippen molar-refractivity contribution < 1.29 is 18.0 Å². The number of benzene rings is 1. The number of carbonyl (C=O) groups excluding carboxylic acids is 1. The van der Waals surface area contributed by atoms with Gasteiger partial charge in [-0.3, -0.25) is 4.79 Å². The fourth-order valence-corrected chi connectivity index (χ4v) is 3.15. The van der Waals surface area contributed by atoms with Crippen molar-refractivity contribution in [2.75, 3.05) is 0 Å². The average molecular weight is 322 g/mol. The van der Waals surface area contributed by atoms with Crippen LogP contribution in [0.4, 0.5) is 13.2 Å². The van der Waals surface area contributed by atoms with Gasteiger partial charge in [-0.05, 0) is 25.0 Å². The van der Waals surface area contributed by atoms with Gasteiger partial charge in [0.2, 0.25) is 0 Å². The number of aromatic nitrogens is 2. The van der Waals surface area contributed by atoms with Crippen molar-refractivity contribution in [3.05, 3.63) is 47.5 Å². The van der Waals surface area contributed by atoms with Crippen LogP contribution in [0.15, 0.2) is 30.5 Å². The number of nitrogens with zero attached hydrogens (tertiary/aromatic N) is 2. The molecule has 0 radical (unpaired) electrons. The predicted molar refractivity (Wildman–Crippen MR) is 79.8 cm³/mol. The Morgan fingerprint density at radius 1 is 1.22 bits per heavy atom. The SMILES string of the molecule is CC(=O)c1cn(-c2ccccc2C(F)(F)F)c(C2CCCC2)n1. The number of halogens is 3. The van der Waals surface area contributed by atoms with Gasteiger partial charge in [0.15, 0.2) is 5.78 Å². The third-order valence-corrected chi connectivity index (χ3v) is 4.28. The predicted octanol–water partition coefficient (Wildman–Crippen LogP) is 4.75. The summed E-state index contributed by atoms with van der Waals surface area (Å²) >= 11 is 0. The standard InChI is InChI=1S/C17H17F3N2O/c1-11(23)14-10-22(16(21-14)12-6-2-3-7-12)15-9-5-4-8-13(15)17(18,19)20/h4-5,8-10,12H,2-3,6-7H2,1H3. The van der Waals surface area contributed by atoms with Gasteiger partial charge < -0.3 is 4.57 Å². The summed E-state index contributed by atoms with van der Waals surface area (Å²) in [5, 5.41) is 0. The van der Waals surface area contributed by atoms with Crippen LogP contribution in [0.25, 0.3) is 5.69 Å². The maximum atomic E-state index is 13.3.